The highest BCUT2D eigenvalue weighted by molar-refractivity contribution is 5.85. The normalized spacial score (nSPS) is 14.0. The number of rotatable bonds is 5. The van der Waals surface area contributed by atoms with Crippen LogP contribution in [0.1, 0.15) is 24.3 Å². The smallest absolute Gasteiger partial charge is 0.241 e. The predicted molar refractivity (Wildman–Crippen MR) is 89.2 cm³/mol. The topological polar surface area (TPSA) is 75.4 Å². The van der Waals surface area contributed by atoms with E-state index < -0.39 is 0 Å². The minimum atomic E-state index is -0.224. The van der Waals surface area contributed by atoms with Crippen molar-refractivity contribution >= 4 is 11.8 Å². The third-order valence-electron chi connectivity index (χ3n) is 4.14. The number of carbonyl (C=O) groups is 2. The lowest BCUT2D eigenvalue weighted by Gasteiger charge is -2.15. The molecule has 2 heterocycles. The molecule has 3 rings (SSSR count). The van der Waals surface area contributed by atoms with Gasteiger partial charge in [-0.2, -0.15) is 0 Å². The molecule has 0 saturated carbocycles. The standard InChI is InChI=1S/C18H21N3O3/c1-13-15(20-18(24-13)14-7-3-2-4-8-14)11-16(22)19-12-17(23)21-9-5-6-10-21/h2-4,7-8H,5-6,9-12H2,1H3,(H,19,22). The molecule has 0 atom stereocenters. The molecule has 6 heteroatoms. The van der Waals surface area contributed by atoms with Crippen LogP contribution in [0.15, 0.2) is 34.7 Å². The number of nitrogens with one attached hydrogen (secondary N) is 1. The van der Waals surface area contributed by atoms with Crippen molar-refractivity contribution in [1.82, 2.24) is 15.2 Å². The van der Waals surface area contributed by atoms with Gasteiger partial charge in [0.15, 0.2) is 0 Å². The molecule has 0 unspecified atom stereocenters. The van der Waals surface area contributed by atoms with Crippen molar-refractivity contribution in [3.05, 3.63) is 41.8 Å². The Morgan fingerprint density at radius 2 is 1.92 bits per heavy atom. The summed E-state index contributed by atoms with van der Waals surface area (Å²) in [6, 6.07) is 9.55. The maximum Gasteiger partial charge on any atom is 0.241 e. The molecular weight excluding hydrogens is 306 g/mol. The van der Waals surface area contributed by atoms with Crippen molar-refractivity contribution in [3.63, 3.8) is 0 Å². The SMILES string of the molecule is Cc1oc(-c2ccccc2)nc1CC(=O)NCC(=O)N1CCCC1. The van der Waals surface area contributed by atoms with Crippen molar-refractivity contribution in [1.29, 1.82) is 0 Å². The van der Waals surface area contributed by atoms with Crippen molar-refractivity contribution in [2.45, 2.75) is 26.2 Å². The first-order valence-corrected chi connectivity index (χ1v) is 8.19. The Balaban J connectivity index is 1.56. The van der Waals surface area contributed by atoms with Gasteiger partial charge < -0.3 is 14.6 Å². The summed E-state index contributed by atoms with van der Waals surface area (Å²) >= 11 is 0. The Bertz CT molecular complexity index is 718. The molecule has 1 saturated heterocycles. The zero-order valence-electron chi connectivity index (χ0n) is 13.7. The van der Waals surface area contributed by atoms with Gasteiger partial charge in [0.2, 0.25) is 17.7 Å². The number of aryl methyl sites for hydroxylation is 1. The minimum absolute atomic E-state index is 0.0253. The zero-order valence-corrected chi connectivity index (χ0v) is 13.7. The second-order valence-corrected chi connectivity index (χ2v) is 5.93. The number of hydrogen-bond acceptors (Lipinski definition) is 4. The average molecular weight is 327 g/mol. The van der Waals surface area contributed by atoms with Gasteiger partial charge in [0.05, 0.1) is 18.7 Å². The van der Waals surface area contributed by atoms with Crippen molar-refractivity contribution < 1.29 is 14.0 Å². The van der Waals surface area contributed by atoms with Gasteiger partial charge in [-0.1, -0.05) is 18.2 Å². The van der Waals surface area contributed by atoms with Crippen LogP contribution in [0.5, 0.6) is 0 Å². The van der Waals surface area contributed by atoms with E-state index in [1.807, 2.05) is 30.3 Å². The van der Waals surface area contributed by atoms with Gasteiger partial charge in [-0.15, -0.1) is 0 Å². The van der Waals surface area contributed by atoms with Gasteiger partial charge in [0.1, 0.15) is 5.76 Å². The van der Waals surface area contributed by atoms with E-state index in [2.05, 4.69) is 10.3 Å². The van der Waals surface area contributed by atoms with Crippen molar-refractivity contribution in [3.8, 4) is 11.5 Å². The first kappa shape index (κ1) is 16.2. The van der Waals surface area contributed by atoms with Crippen LogP contribution in [-0.2, 0) is 16.0 Å². The molecule has 1 aliphatic rings. The Labute approximate surface area is 140 Å². The van der Waals surface area contributed by atoms with Crippen LogP contribution < -0.4 is 5.32 Å². The third kappa shape index (κ3) is 3.82. The van der Waals surface area contributed by atoms with Gasteiger partial charge in [-0.05, 0) is 31.9 Å². The Kier molecular flexibility index (Phi) is 4.93. The number of oxazole rings is 1. The molecule has 2 amide bonds. The fraction of sp³-hybridized carbons (Fsp3) is 0.389. The highest BCUT2D eigenvalue weighted by Crippen LogP contribution is 2.21. The van der Waals surface area contributed by atoms with E-state index in [0.29, 0.717) is 17.3 Å². The lowest BCUT2D eigenvalue weighted by molar-refractivity contribution is -0.131. The molecule has 1 fully saturated rings. The predicted octanol–water partition coefficient (Wildman–Crippen LogP) is 1.93. The van der Waals surface area contributed by atoms with E-state index in [9.17, 15) is 9.59 Å². The largest absolute Gasteiger partial charge is 0.441 e. The number of aromatic nitrogens is 1. The summed E-state index contributed by atoms with van der Waals surface area (Å²) < 4.78 is 5.64. The monoisotopic (exact) mass is 327 g/mol. The van der Waals surface area contributed by atoms with Crippen molar-refractivity contribution in [2.24, 2.45) is 0 Å². The average Bonchev–Trinajstić information content (AvgIpc) is 3.24. The molecule has 126 valence electrons. The van der Waals surface area contributed by atoms with E-state index in [1.54, 1.807) is 11.8 Å². The quantitative estimate of drug-likeness (QED) is 0.910. The summed E-state index contributed by atoms with van der Waals surface area (Å²) in [5, 5.41) is 2.67. The molecule has 24 heavy (non-hydrogen) atoms. The summed E-state index contributed by atoms with van der Waals surface area (Å²) in [4.78, 5) is 30.2. The second-order valence-electron chi connectivity index (χ2n) is 5.93. The number of hydrogen-bond donors (Lipinski definition) is 1. The summed E-state index contributed by atoms with van der Waals surface area (Å²) in [6.07, 6.45) is 2.19. The summed E-state index contributed by atoms with van der Waals surface area (Å²) in [6.45, 7) is 3.41. The van der Waals surface area contributed by atoms with Crippen LogP contribution >= 0.6 is 0 Å². The van der Waals surface area contributed by atoms with Crippen LogP contribution in [0.25, 0.3) is 11.5 Å². The molecule has 1 aromatic carbocycles. The minimum Gasteiger partial charge on any atom is -0.441 e. The first-order valence-electron chi connectivity index (χ1n) is 8.19. The zero-order chi connectivity index (χ0) is 16.9. The summed E-state index contributed by atoms with van der Waals surface area (Å²) in [5.74, 6) is 0.875. The van der Waals surface area contributed by atoms with Gasteiger partial charge in [0, 0.05) is 18.7 Å². The summed E-state index contributed by atoms with van der Waals surface area (Å²) in [7, 11) is 0. The molecule has 0 spiro atoms. The first-order chi connectivity index (χ1) is 11.6. The Hall–Kier alpha value is -2.63. The van der Waals surface area contributed by atoms with E-state index in [1.165, 1.54) is 0 Å². The van der Waals surface area contributed by atoms with Crippen LogP contribution in [-0.4, -0.2) is 41.3 Å². The molecule has 1 N–H and O–H groups in total. The van der Waals surface area contributed by atoms with Gasteiger partial charge >= 0.3 is 0 Å². The van der Waals surface area contributed by atoms with E-state index in [0.717, 1.165) is 31.5 Å². The summed E-state index contributed by atoms with van der Waals surface area (Å²) in [5.41, 5.74) is 1.47. The lowest BCUT2D eigenvalue weighted by Crippen LogP contribution is -2.39. The highest BCUT2D eigenvalue weighted by atomic mass is 16.4. The fourth-order valence-electron chi connectivity index (χ4n) is 2.76. The maximum atomic E-state index is 12.1. The van der Waals surface area contributed by atoms with Crippen LogP contribution in [0.2, 0.25) is 0 Å². The maximum absolute atomic E-state index is 12.1. The number of nitrogens with zero attached hydrogens (tertiary/aromatic N) is 2. The molecule has 0 aliphatic carbocycles. The van der Waals surface area contributed by atoms with Crippen LogP contribution in [0.4, 0.5) is 0 Å². The molecule has 6 nitrogen and oxygen atoms in total. The van der Waals surface area contributed by atoms with Gasteiger partial charge in [-0.25, -0.2) is 4.98 Å². The lowest BCUT2D eigenvalue weighted by atomic mass is 10.2. The number of benzene rings is 1. The van der Waals surface area contributed by atoms with E-state index in [4.69, 9.17) is 4.42 Å². The molecule has 1 aliphatic heterocycles. The molecule has 0 bridgehead atoms. The molecule has 1 aromatic heterocycles. The molecule has 0 radical (unpaired) electrons. The van der Waals surface area contributed by atoms with Crippen LogP contribution in [0.3, 0.4) is 0 Å². The highest BCUT2D eigenvalue weighted by Gasteiger charge is 2.19. The van der Waals surface area contributed by atoms with E-state index >= 15 is 0 Å². The Morgan fingerprint density at radius 1 is 1.21 bits per heavy atom. The number of carbonyl (C=O) groups excluding carboxylic acids is 2. The van der Waals surface area contributed by atoms with Gasteiger partial charge in [0.25, 0.3) is 0 Å². The van der Waals surface area contributed by atoms with Crippen LogP contribution in [0, 0.1) is 6.92 Å². The number of likely N-dealkylation sites (tertiary alicyclic amines) is 1. The van der Waals surface area contributed by atoms with Crippen molar-refractivity contribution in [2.75, 3.05) is 19.6 Å². The Morgan fingerprint density at radius 3 is 2.62 bits per heavy atom. The molecule has 2 aromatic rings. The van der Waals surface area contributed by atoms with Gasteiger partial charge in [-0.3, -0.25) is 9.59 Å². The number of amides is 2. The third-order valence-corrected chi connectivity index (χ3v) is 4.14. The molecular formula is C18H21N3O3. The fourth-order valence-corrected chi connectivity index (χ4v) is 2.76. The second kappa shape index (κ2) is 7.29. The van der Waals surface area contributed by atoms with E-state index in [-0.39, 0.29) is 24.8 Å².